The molecule has 2 aromatic heterocycles. The Bertz CT molecular complexity index is 2990. The van der Waals surface area contributed by atoms with Crippen molar-refractivity contribution in [2.24, 2.45) is 5.73 Å². The fourth-order valence-corrected chi connectivity index (χ4v) is 10.6. The number of aryl methyl sites for hydroxylation is 2. The predicted octanol–water partition coefficient (Wildman–Crippen LogP) is 9.49. The van der Waals surface area contributed by atoms with Crippen LogP contribution >= 0.6 is 0 Å². The Morgan fingerprint density at radius 2 is 0.877 bits per heavy atom. The van der Waals surface area contributed by atoms with Crippen molar-refractivity contribution in [3.05, 3.63) is 104 Å². The van der Waals surface area contributed by atoms with Crippen LogP contribution in [0.4, 0.5) is 25.0 Å². The Kier molecular flexibility index (Phi) is 20.0. The average Bonchev–Trinajstić information content (AvgIpc) is 4.15. The topological polar surface area (TPSA) is 281 Å². The summed E-state index contributed by atoms with van der Waals surface area (Å²) in [5.74, 6) is -0.692. The van der Waals surface area contributed by atoms with Gasteiger partial charge >= 0.3 is 6.09 Å². The van der Waals surface area contributed by atoms with E-state index in [0.29, 0.717) is 156 Å². The number of hydrogen-bond acceptors (Lipinski definition) is 11. The molecule has 2 aromatic carbocycles. The number of anilines is 2. The van der Waals surface area contributed by atoms with E-state index < -0.39 is 17.2 Å². The zero-order valence-corrected chi connectivity index (χ0v) is 47.2. The molecule has 0 radical (unpaired) electrons. The lowest BCUT2D eigenvalue weighted by Crippen LogP contribution is -2.40. The van der Waals surface area contributed by atoms with Gasteiger partial charge in [0.15, 0.2) is 0 Å². The number of aromatic amines is 2. The second kappa shape index (κ2) is 26.6. The molecule has 0 saturated heterocycles. The van der Waals surface area contributed by atoms with Crippen LogP contribution < -0.4 is 32.3 Å². The minimum atomic E-state index is -0.464. The van der Waals surface area contributed by atoms with Gasteiger partial charge in [-0.25, -0.2) is 13.6 Å². The molecule has 4 aromatic rings. The average molecular weight is 1120 g/mol. The van der Waals surface area contributed by atoms with Crippen LogP contribution in [0.2, 0.25) is 0 Å². The van der Waals surface area contributed by atoms with Gasteiger partial charge in [0.05, 0.1) is 22.3 Å². The summed E-state index contributed by atoms with van der Waals surface area (Å²) in [5.41, 5.74) is 13.1. The first kappa shape index (κ1) is 60.8. The van der Waals surface area contributed by atoms with Gasteiger partial charge in [-0.05, 0) is 160 Å². The molecule has 432 valence electrons. The Morgan fingerprint density at radius 3 is 1.21 bits per heavy atom. The lowest BCUT2D eigenvalue weighted by molar-refractivity contribution is -0.121. The second-order valence-electron chi connectivity index (χ2n) is 22.6. The summed E-state index contributed by atoms with van der Waals surface area (Å²) in [7, 11) is 0. The molecule has 4 saturated carbocycles. The molecule has 18 nitrogen and oxygen atoms in total. The summed E-state index contributed by atoms with van der Waals surface area (Å²) in [6.45, 7) is 12.7. The highest BCUT2D eigenvalue weighted by atomic mass is 19.1. The van der Waals surface area contributed by atoms with Gasteiger partial charge in [-0.3, -0.25) is 38.4 Å². The van der Waals surface area contributed by atoms with Gasteiger partial charge in [-0.15, -0.1) is 0 Å². The number of Topliss-reactive ketones (excluding diaryl/α,β-unsaturated/α-hetero) is 4. The summed E-state index contributed by atoms with van der Waals surface area (Å²) in [6, 6.07) is 8.68. The van der Waals surface area contributed by atoms with Crippen LogP contribution in [0.25, 0.3) is 23.3 Å². The van der Waals surface area contributed by atoms with Crippen LogP contribution in [0.5, 0.6) is 0 Å². The molecule has 4 fully saturated rings. The molecule has 20 heteroatoms. The van der Waals surface area contributed by atoms with Crippen molar-refractivity contribution in [1.82, 2.24) is 25.9 Å². The van der Waals surface area contributed by atoms with Gasteiger partial charge in [0.1, 0.15) is 40.4 Å². The summed E-state index contributed by atoms with van der Waals surface area (Å²) >= 11 is 0. The maximum absolute atomic E-state index is 13.7. The summed E-state index contributed by atoms with van der Waals surface area (Å²) in [5, 5.41) is 14.3. The van der Waals surface area contributed by atoms with Crippen molar-refractivity contribution in [3.63, 3.8) is 0 Å². The van der Waals surface area contributed by atoms with Gasteiger partial charge in [-0.2, -0.15) is 0 Å². The third kappa shape index (κ3) is 16.4. The number of fused-ring (bicyclic) bond motifs is 2. The predicted molar refractivity (Wildman–Crippen MR) is 304 cm³/mol. The van der Waals surface area contributed by atoms with E-state index in [1.807, 2.05) is 34.6 Å². The normalized spacial score (nSPS) is 18.8. The number of benzene rings is 2. The highest BCUT2D eigenvalue weighted by molar-refractivity contribution is 6.35. The van der Waals surface area contributed by atoms with Gasteiger partial charge in [0.25, 0.3) is 23.6 Å². The van der Waals surface area contributed by atoms with Gasteiger partial charge in [0, 0.05) is 121 Å². The molecule has 0 spiro atoms. The third-order valence-electron chi connectivity index (χ3n) is 15.1. The zero-order valence-electron chi connectivity index (χ0n) is 47.2. The van der Waals surface area contributed by atoms with E-state index in [1.165, 1.54) is 36.4 Å². The summed E-state index contributed by atoms with van der Waals surface area (Å²) in [6.07, 6.45) is 13.4. The zero-order chi connectivity index (χ0) is 58.9. The minimum Gasteiger partial charge on any atom is -0.444 e. The quantitative estimate of drug-likeness (QED) is 0.0807. The number of rotatable bonds is 7. The first-order valence-electron chi connectivity index (χ1n) is 27.8. The molecule has 81 heavy (non-hydrogen) atoms. The number of alkyl carbamates (subject to hydrolysis) is 1. The number of nitrogens with two attached hydrogens (primary N) is 1. The number of ketones is 4. The standard InChI is InChI=1S/2C22H22FN3O3.C11H19NO3.C6H11NO/c2*1-11-19(10-17-16-9-13(23)3-8-18(16)26-21(17)28)24-12(2)20(11)22(29)25-14-4-6-15(27)7-5-14;1-11(2,3)15-10(14)12-8-4-6-9(13)7-5-8;7-5-1-3-6(8)4-2-5/h2*3,8-10,14,24H,4-7H2,1-2H3,(H,25,29)(H,26,28);8H,4-7H2,1-3H3,(H,12,14);5H,1-4,7H2/b2*17-10-;;. The Morgan fingerprint density at radius 1 is 0.543 bits per heavy atom. The van der Waals surface area contributed by atoms with E-state index in [1.54, 1.807) is 26.0 Å². The van der Waals surface area contributed by atoms with E-state index in [0.717, 1.165) is 36.8 Å². The Hall–Kier alpha value is -7.87. The fraction of sp³-hybridized carbons (Fsp3) is 0.459. The molecule has 6 aliphatic rings. The van der Waals surface area contributed by atoms with Crippen LogP contribution in [-0.4, -0.2) is 92.6 Å². The molecule has 0 bridgehead atoms. The molecule has 10 rings (SSSR count). The molecular formula is C61H74F2N8O10. The van der Waals surface area contributed by atoms with Crippen molar-refractivity contribution >= 4 is 87.5 Å². The van der Waals surface area contributed by atoms with Crippen molar-refractivity contribution < 1.29 is 56.7 Å². The fourth-order valence-electron chi connectivity index (χ4n) is 10.6. The number of nitrogens with one attached hydrogen (secondary N) is 7. The van der Waals surface area contributed by atoms with E-state index >= 15 is 0 Å². The SMILES string of the molecule is CC(C)(C)OC(=O)NC1CCC(=O)CC1.Cc1[nH]c(/C=C2\C(=O)Nc3ccc(F)cc32)c(C)c1C(=O)NC1CCC(=O)CC1.Cc1[nH]c(/C=C2\C(=O)Nc3ccc(F)cc32)c(C)c1C(=O)NC1CCC(=O)CC1.NC1CCC(=O)CC1. The first-order chi connectivity index (χ1) is 38.3. The second-order valence-corrected chi connectivity index (χ2v) is 22.6. The number of aromatic nitrogens is 2. The number of carbonyl (C=O) groups is 9. The van der Waals surface area contributed by atoms with Crippen molar-refractivity contribution in [2.75, 3.05) is 10.6 Å². The number of H-pyrrole nitrogens is 2. The van der Waals surface area contributed by atoms with E-state index in [4.69, 9.17) is 10.5 Å². The highest BCUT2D eigenvalue weighted by Gasteiger charge is 2.30. The third-order valence-corrected chi connectivity index (χ3v) is 15.1. The van der Waals surface area contributed by atoms with Gasteiger partial charge in [-0.1, -0.05) is 0 Å². The number of carbonyl (C=O) groups excluding carboxylic acids is 9. The number of halogens is 2. The monoisotopic (exact) mass is 1120 g/mol. The summed E-state index contributed by atoms with van der Waals surface area (Å²) in [4.78, 5) is 112. The van der Waals surface area contributed by atoms with E-state index in [2.05, 4.69) is 36.6 Å². The van der Waals surface area contributed by atoms with Crippen LogP contribution in [0.1, 0.15) is 189 Å². The van der Waals surface area contributed by atoms with E-state index in [9.17, 15) is 51.9 Å². The maximum Gasteiger partial charge on any atom is 0.407 e. The largest absolute Gasteiger partial charge is 0.444 e. The van der Waals surface area contributed by atoms with Crippen LogP contribution in [0.15, 0.2) is 36.4 Å². The smallest absolute Gasteiger partial charge is 0.407 e. The molecular weight excluding hydrogens is 1040 g/mol. The lowest BCUT2D eigenvalue weighted by atomic mass is 9.94. The van der Waals surface area contributed by atoms with Crippen molar-refractivity contribution in [2.45, 2.75) is 181 Å². The molecule has 5 amide bonds. The Balaban J connectivity index is 0.000000170. The van der Waals surface area contributed by atoms with Crippen LogP contribution in [0, 0.1) is 39.3 Å². The Labute approximate surface area is 470 Å². The maximum atomic E-state index is 13.7. The molecule has 4 heterocycles. The number of amides is 5. The van der Waals surface area contributed by atoms with Gasteiger partial charge < -0.3 is 47.0 Å². The first-order valence-corrected chi connectivity index (χ1v) is 27.8. The minimum absolute atomic E-state index is 0.00818. The molecule has 0 unspecified atom stereocenters. The molecule has 4 aliphatic carbocycles. The van der Waals surface area contributed by atoms with E-state index in [-0.39, 0.29) is 65.2 Å². The molecule has 9 N–H and O–H groups in total. The highest BCUT2D eigenvalue weighted by Crippen LogP contribution is 2.36. The van der Waals surface area contributed by atoms with Crippen molar-refractivity contribution in [1.29, 1.82) is 0 Å². The van der Waals surface area contributed by atoms with Crippen LogP contribution in [-0.2, 0) is 33.5 Å². The summed E-state index contributed by atoms with van der Waals surface area (Å²) < 4.78 is 32.4. The molecule has 0 atom stereocenters. The number of hydrogen-bond donors (Lipinski definition) is 8. The van der Waals surface area contributed by atoms with Crippen molar-refractivity contribution in [3.8, 4) is 0 Å². The van der Waals surface area contributed by atoms with Crippen LogP contribution in [0.3, 0.4) is 0 Å². The van der Waals surface area contributed by atoms with Gasteiger partial charge in [0.2, 0.25) is 0 Å². The number of ether oxygens (including phenoxy) is 1. The molecule has 2 aliphatic heterocycles. The lowest BCUT2D eigenvalue weighted by Gasteiger charge is -2.25.